The fourth-order valence-electron chi connectivity index (χ4n) is 3.50. The van der Waals surface area contributed by atoms with Crippen LogP contribution in [-0.2, 0) is 10.0 Å². The molecular formula is C23H19ClN2O4S. The Morgan fingerprint density at radius 1 is 0.903 bits per heavy atom. The van der Waals surface area contributed by atoms with Crippen LogP contribution in [0.5, 0.6) is 0 Å². The third-order valence-electron chi connectivity index (χ3n) is 5.01. The Labute approximate surface area is 185 Å². The molecule has 1 amide bonds. The SMILES string of the molecule is O=C(Nc1cccc(N2CCCS2(=O)=O)c1)c1ccccc1C(=O)c1ccc(Cl)cc1. The molecule has 1 N–H and O–H groups in total. The van der Waals surface area contributed by atoms with E-state index in [4.69, 9.17) is 11.6 Å². The lowest BCUT2D eigenvalue weighted by Crippen LogP contribution is -2.25. The predicted molar refractivity (Wildman–Crippen MR) is 121 cm³/mol. The minimum absolute atomic E-state index is 0.115. The van der Waals surface area contributed by atoms with Crippen molar-refractivity contribution in [2.45, 2.75) is 6.42 Å². The monoisotopic (exact) mass is 454 g/mol. The number of carbonyl (C=O) groups excluding carboxylic acids is 2. The molecule has 31 heavy (non-hydrogen) atoms. The Morgan fingerprint density at radius 3 is 2.29 bits per heavy atom. The average molecular weight is 455 g/mol. The van der Waals surface area contributed by atoms with Crippen molar-refractivity contribution in [3.8, 4) is 0 Å². The van der Waals surface area contributed by atoms with Crippen LogP contribution in [0, 0.1) is 0 Å². The summed E-state index contributed by atoms with van der Waals surface area (Å²) < 4.78 is 25.7. The van der Waals surface area contributed by atoms with Crippen LogP contribution >= 0.6 is 11.6 Å². The molecule has 1 aliphatic rings. The van der Waals surface area contributed by atoms with Gasteiger partial charge in [0, 0.05) is 28.4 Å². The van der Waals surface area contributed by atoms with Gasteiger partial charge in [0.15, 0.2) is 5.78 Å². The van der Waals surface area contributed by atoms with E-state index in [1.165, 1.54) is 4.31 Å². The Balaban J connectivity index is 1.60. The minimum Gasteiger partial charge on any atom is -0.322 e. The molecule has 6 nitrogen and oxygen atoms in total. The minimum atomic E-state index is -3.32. The summed E-state index contributed by atoms with van der Waals surface area (Å²) in [6.07, 6.45) is 0.569. The van der Waals surface area contributed by atoms with Crippen LogP contribution in [0.25, 0.3) is 0 Å². The molecule has 1 fully saturated rings. The van der Waals surface area contributed by atoms with E-state index in [1.54, 1.807) is 72.8 Å². The quantitative estimate of drug-likeness (QED) is 0.580. The lowest BCUT2D eigenvalue weighted by atomic mass is 9.98. The lowest BCUT2D eigenvalue weighted by Gasteiger charge is -2.18. The van der Waals surface area contributed by atoms with Crippen molar-refractivity contribution in [1.29, 1.82) is 0 Å². The number of carbonyl (C=O) groups is 2. The Bertz CT molecular complexity index is 1260. The second-order valence-electron chi connectivity index (χ2n) is 7.13. The van der Waals surface area contributed by atoms with E-state index >= 15 is 0 Å². The fraction of sp³-hybridized carbons (Fsp3) is 0.130. The fourth-order valence-corrected chi connectivity index (χ4v) is 5.18. The largest absolute Gasteiger partial charge is 0.322 e. The van der Waals surface area contributed by atoms with Gasteiger partial charge in [0.2, 0.25) is 10.0 Å². The number of nitrogens with zero attached hydrogens (tertiary/aromatic N) is 1. The molecule has 8 heteroatoms. The third kappa shape index (κ3) is 4.47. The van der Waals surface area contributed by atoms with E-state index in [9.17, 15) is 18.0 Å². The Morgan fingerprint density at radius 2 is 1.61 bits per heavy atom. The van der Waals surface area contributed by atoms with Gasteiger partial charge in [0.05, 0.1) is 17.0 Å². The highest BCUT2D eigenvalue weighted by atomic mass is 35.5. The summed E-state index contributed by atoms with van der Waals surface area (Å²) >= 11 is 5.90. The Hall–Kier alpha value is -3.16. The van der Waals surface area contributed by atoms with Crippen LogP contribution in [0.1, 0.15) is 32.7 Å². The molecular weight excluding hydrogens is 436 g/mol. The number of hydrogen-bond acceptors (Lipinski definition) is 4. The van der Waals surface area contributed by atoms with Crippen molar-refractivity contribution in [1.82, 2.24) is 0 Å². The maximum absolute atomic E-state index is 13.0. The van der Waals surface area contributed by atoms with Crippen molar-refractivity contribution in [2.24, 2.45) is 0 Å². The van der Waals surface area contributed by atoms with E-state index in [2.05, 4.69) is 5.32 Å². The van der Waals surface area contributed by atoms with Crippen LogP contribution < -0.4 is 9.62 Å². The Kier molecular flexibility index (Phi) is 5.80. The van der Waals surface area contributed by atoms with Crippen molar-refractivity contribution >= 4 is 44.7 Å². The number of anilines is 2. The molecule has 0 radical (unpaired) electrons. The van der Waals surface area contributed by atoms with Crippen molar-refractivity contribution in [3.05, 3.63) is 94.5 Å². The van der Waals surface area contributed by atoms with Gasteiger partial charge in [-0.2, -0.15) is 0 Å². The first-order valence-corrected chi connectivity index (χ1v) is 11.6. The molecule has 0 saturated carbocycles. The zero-order valence-corrected chi connectivity index (χ0v) is 18.0. The summed E-state index contributed by atoms with van der Waals surface area (Å²) in [7, 11) is -3.32. The molecule has 0 unspecified atom stereocenters. The van der Waals surface area contributed by atoms with E-state index in [0.717, 1.165) is 0 Å². The van der Waals surface area contributed by atoms with E-state index < -0.39 is 15.9 Å². The standard InChI is InChI=1S/C23H19ClN2O4S/c24-17-11-9-16(10-12-17)22(27)20-7-1-2-8-21(20)23(28)25-18-5-3-6-19(15-18)26-13-4-14-31(26,29)30/h1-3,5-12,15H,4,13-14H2,(H,25,28). The maximum atomic E-state index is 13.0. The topological polar surface area (TPSA) is 83.6 Å². The molecule has 0 aromatic heterocycles. The number of rotatable bonds is 5. The van der Waals surface area contributed by atoms with E-state index in [1.807, 2.05) is 0 Å². The number of nitrogens with one attached hydrogen (secondary N) is 1. The summed E-state index contributed by atoms with van der Waals surface area (Å²) in [5.74, 6) is -0.636. The zero-order chi connectivity index (χ0) is 22.0. The van der Waals surface area contributed by atoms with Gasteiger partial charge < -0.3 is 5.32 Å². The summed E-state index contributed by atoms with van der Waals surface area (Å²) in [6, 6.07) is 19.7. The first kappa shape index (κ1) is 21.1. The van der Waals surface area contributed by atoms with Gasteiger partial charge in [0.1, 0.15) is 0 Å². The molecule has 3 aromatic rings. The molecule has 1 aliphatic heterocycles. The van der Waals surface area contributed by atoms with E-state index in [-0.39, 0.29) is 22.7 Å². The summed E-state index contributed by atoms with van der Waals surface area (Å²) in [6.45, 7) is 0.415. The number of ketones is 1. The highest BCUT2D eigenvalue weighted by Crippen LogP contribution is 2.27. The van der Waals surface area contributed by atoms with Gasteiger partial charge >= 0.3 is 0 Å². The number of halogens is 1. The van der Waals surface area contributed by atoms with Gasteiger partial charge in [-0.25, -0.2) is 8.42 Å². The lowest BCUT2D eigenvalue weighted by molar-refractivity contribution is 0.0996. The first-order valence-electron chi connectivity index (χ1n) is 9.66. The number of benzene rings is 3. The van der Waals surface area contributed by atoms with Crippen molar-refractivity contribution < 1.29 is 18.0 Å². The van der Waals surface area contributed by atoms with Crippen LogP contribution in [0.15, 0.2) is 72.8 Å². The number of sulfonamides is 1. The normalized spacial score (nSPS) is 14.9. The molecule has 0 atom stereocenters. The van der Waals surface area contributed by atoms with Gasteiger partial charge in [-0.3, -0.25) is 13.9 Å². The predicted octanol–water partition coefficient (Wildman–Crippen LogP) is 4.36. The summed E-state index contributed by atoms with van der Waals surface area (Å²) in [5.41, 5.74) is 1.85. The molecule has 1 saturated heterocycles. The second kappa shape index (κ2) is 8.53. The maximum Gasteiger partial charge on any atom is 0.256 e. The van der Waals surface area contributed by atoms with Crippen molar-refractivity contribution in [3.63, 3.8) is 0 Å². The number of amides is 1. The van der Waals surface area contributed by atoms with Crippen LogP contribution in [-0.4, -0.2) is 32.4 Å². The highest BCUT2D eigenvalue weighted by molar-refractivity contribution is 7.93. The van der Waals surface area contributed by atoms with Gasteiger partial charge in [-0.05, 0) is 55.0 Å². The molecule has 3 aromatic carbocycles. The zero-order valence-electron chi connectivity index (χ0n) is 16.4. The first-order chi connectivity index (χ1) is 14.8. The van der Waals surface area contributed by atoms with Crippen molar-refractivity contribution in [2.75, 3.05) is 21.9 Å². The molecule has 0 spiro atoms. The smallest absolute Gasteiger partial charge is 0.256 e. The summed E-state index contributed by atoms with van der Waals surface area (Å²) in [4.78, 5) is 25.9. The molecule has 0 bridgehead atoms. The highest BCUT2D eigenvalue weighted by Gasteiger charge is 2.28. The van der Waals surface area contributed by atoms with Crippen LogP contribution in [0.3, 0.4) is 0 Å². The van der Waals surface area contributed by atoms with Crippen LogP contribution in [0.4, 0.5) is 11.4 Å². The van der Waals surface area contributed by atoms with Gasteiger partial charge in [0.25, 0.3) is 5.91 Å². The van der Waals surface area contributed by atoms with E-state index in [0.29, 0.717) is 34.9 Å². The van der Waals surface area contributed by atoms with Gasteiger partial charge in [-0.15, -0.1) is 0 Å². The average Bonchev–Trinajstić information content (AvgIpc) is 3.13. The molecule has 0 aliphatic carbocycles. The summed E-state index contributed by atoms with van der Waals surface area (Å²) in [5, 5.41) is 3.29. The van der Waals surface area contributed by atoms with Crippen LogP contribution in [0.2, 0.25) is 5.02 Å². The molecule has 1 heterocycles. The molecule has 4 rings (SSSR count). The molecule has 158 valence electrons. The number of hydrogen-bond donors (Lipinski definition) is 1. The third-order valence-corrected chi connectivity index (χ3v) is 7.14. The van der Waals surface area contributed by atoms with Gasteiger partial charge in [-0.1, -0.05) is 35.9 Å². The second-order valence-corrected chi connectivity index (χ2v) is 9.58.